The molecule has 3 rings (SSSR count). The van der Waals surface area contributed by atoms with Gasteiger partial charge < -0.3 is 15.2 Å². The van der Waals surface area contributed by atoms with Crippen molar-refractivity contribution >= 4 is 11.5 Å². The second kappa shape index (κ2) is 6.71. The number of methoxy groups -OCH3 is 1. The highest BCUT2D eigenvalue weighted by molar-refractivity contribution is 5.69. The lowest BCUT2D eigenvalue weighted by Gasteiger charge is -2.10. The van der Waals surface area contributed by atoms with Gasteiger partial charge in [0.25, 0.3) is 0 Å². The summed E-state index contributed by atoms with van der Waals surface area (Å²) in [6.45, 7) is 0. The molecule has 0 spiro atoms. The van der Waals surface area contributed by atoms with E-state index in [1.54, 1.807) is 37.4 Å². The van der Waals surface area contributed by atoms with Crippen molar-refractivity contribution in [3.05, 3.63) is 66.2 Å². The van der Waals surface area contributed by atoms with E-state index >= 15 is 0 Å². The maximum Gasteiger partial charge on any atom is 0.149 e. The first kappa shape index (κ1) is 15.4. The summed E-state index contributed by atoms with van der Waals surface area (Å²) in [5.74, 6) is 1.42. The van der Waals surface area contributed by atoms with Gasteiger partial charge in [0.05, 0.1) is 18.4 Å². The van der Waals surface area contributed by atoms with Gasteiger partial charge in [0.1, 0.15) is 23.4 Å². The number of rotatable bonds is 4. The van der Waals surface area contributed by atoms with Gasteiger partial charge in [0.2, 0.25) is 0 Å². The van der Waals surface area contributed by atoms with Crippen molar-refractivity contribution in [1.29, 1.82) is 5.26 Å². The second-order valence-electron chi connectivity index (χ2n) is 5.10. The molecule has 1 aromatic heterocycles. The minimum atomic E-state index is 0.181. The molecule has 1 heterocycles. The molecule has 0 bridgehead atoms. The van der Waals surface area contributed by atoms with Gasteiger partial charge in [-0.1, -0.05) is 0 Å². The Kier molecular flexibility index (Phi) is 4.30. The fourth-order valence-electron chi connectivity index (χ4n) is 2.25. The largest absolute Gasteiger partial charge is 0.508 e. The monoisotopic (exact) mass is 317 g/mol. The summed E-state index contributed by atoms with van der Waals surface area (Å²) in [6.07, 6.45) is 0. The smallest absolute Gasteiger partial charge is 0.149 e. The Hall–Kier alpha value is -3.52. The Morgan fingerprint density at radius 2 is 1.71 bits per heavy atom. The number of aromatic nitrogens is 1. The molecule has 0 unspecified atom stereocenters. The normalized spacial score (nSPS) is 10.0. The molecule has 0 aliphatic carbocycles. The van der Waals surface area contributed by atoms with Gasteiger partial charge in [-0.15, -0.1) is 0 Å². The van der Waals surface area contributed by atoms with Crippen LogP contribution in [0.3, 0.4) is 0 Å². The van der Waals surface area contributed by atoms with Crippen molar-refractivity contribution in [2.24, 2.45) is 0 Å². The van der Waals surface area contributed by atoms with E-state index in [0.29, 0.717) is 11.4 Å². The van der Waals surface area contributed by atoms with Gasteiger partial charge in [0.15, 0.2) is 0 Å². The molecule has 118 valence electrons. The fourth-order valence-corrected chi connectivity index (χ4v) is 2.25. The van der Waals surface area contributed by atoms with E-state index in [4.69, 9.17) is 4.74 Å². The number of nitriles is 1. The zero-order valence-electron chi connectivity index (χ0n) is 13.0. The van der Waals surface area contributed by atoms with Crippen LogP contribution in [0.4, 0.5) is 11.5 Å². The summed E-state index contributed by atoms with van der Waals surface area (Å²) in [5, 5.41) is 21.8. The lowest BCUT2D eigenvalue weighted by atomic mass is 10.1. The number of phenols is 1. The van der Waals surface area contributed by atoms with E-state index in [0.717, 1.165) is 22.7 Å². The summed E-state index contributed by atoms with van der Waals surface area (Å²) in [6, 6.07) is 19.8. The molecule has 0 saturated carbocycles. The number of benzene rings is 2. The quantitative estimate of drug-likeness (QED) is 0.709. The Bertz CT molecular complexity index is 882. The zero-order valence-corrected chi connectivity index (χ0v) is 13.0. The predicted octanol–water partition coefficient (Wildman–Crippen LogP) is 4.08. The van der Waals surface area contributed by atoms with Crippen LogP contribution in [0.2, 0.25) is 0 Å². The SMILES string of the molecule is COc1ccc(-c2ccc(C#N)c(Nc3ccc(O)cc3)n2)cc1. The molecule has 5 heteroatoms. The minimum Gasteiger partial charge on any atom is -0.508 e. The van der Waals surface area contributed by atoms with Crippen LogP contribution in [-0.4, -0.2) is 17.2 Å². The minimum absolute atomic E-state index is 0.181. The Labute approximate surface area is 139 Å². The summed E-state index contributed by atoms with van der Waals surface area (Å²) in [5.41, 5.74) is 2.86. The van der Waals surface area contributed by atoms with E-state index in [1.807, 2.05) is 30.3 Å². The Morgan fingerprint density at radius 1 is 1.00 bits per heavy atom. The number of ether oxygens (including phenoxy) is 1. The topological polar surface area (TPSA) is 78.2 Å². The molecular weight excluding hydrogens is 302 g/mol. The molecule has 0 aliphatic rings. The molecule has 24 heavy (non-hydrogen) atoms. The number of nitrogens with zero attached hydrogens (tertiary/aromatic N) is 2. The number of aromatic hydroxyl groups is 1. The third-order valence-electron chi connectivity index (χ3n) is 3.53. The summed E-state index contributed by atoms with van der Waals surface area (Å²) < 4.78 is 5.16. The van der Waals surface area contributed by atoms with E-state index in [1.165, 1.54) is 0 Å². The summed E-state index contributed by atoms with van der Waals surface area (Å²) in [7, 11) is 1.62. The standard InChI is InChI=1S/C19H15N3O2/c1-24-17-9-2-13(3-10-17)18-11-4-14(12-20)19(22-18)21-15-5-7-16(23)8-6-15/h2-11,23H,1H3,(H,21,22). The third kappa shape index (κ3) is 3.28. The van der Waals surface area contributed by atoms with Crippen LogP contribution in [0.15, 0.2) is 60.7 Å². The van der Waals surface area contributed by atoms with Crippen molar-refractivity contribution in [3.8, 4) is 28.8 Å². The van der Waals surface area contributed by atoms with Crippen LogP contribution in [0.5, 0.6) is 11.5 Å². The van der Waals surface area contributed by atoms with Crippen molar-refractivity contribution < 1.29 is 9.84 Å². The number of phenolic OH excluding ortho intramolecular Hbond substituents is 1. The van der Waals surface area contributed by atoms with Crippen LogP contribution in [0, 0.1) is 11.3 Å². The van der Waals surface area contributed by atoms with Gasteiger partial charge in [-0.25, -0.2) is 4.98 Å². The first-order valence-electron chi connectivity index (χ1n) is 7.31. The predicted molar refractivity (Wildman–Crippen MR) is 92.3 cm³/mol. The van der Waals surface area contributed by atoms with Crippen LogP contribution < -0.4 is 10.1 Å². The van der Waals surface area contributed by atoms with E-state index in [9.17, 15) is 10.4 Å². The lowest BCUT2D eigenvalue weighted by Crippen LogP contribution is -1.98. The molecule has 0 amide bonds. The van der Waals surface area contributed by atoms with Gasteiger partial charge in [-0.3, -0.25) is 0 Å². The molecule has 5 nitrogen and oxygen atoms in total. The number of hydrogen-bond acceptors (Lipinski definition) is 5. The molecule has 0 aliphatic heterocycles. The zero-order chi connectivity index (χ0) is 16.9. The maximum atomic E-state index is 9.35. The van der Waals surface area contributed by atoms with Gasteiger partial charge in [-0.05, 0) is 60.7 Å². The van der Waals surface area contributed by atoms with Gasteiger partial charge in [0, 0.05) is 11.3 Å². The van der Waals surface area contributed by atoms with Crippen LogP contribution in [-0.2, 0) is 0 Å². The fraction of sp³-hybridized carbons (Fsp3) is 0.0526. The molecule has 0 saturated heterocycles. The number of anilines is 2. The van der Waals surface area contributed by atoms with Crippen LogP contribution in [0.1, 0.15) is 5.56 Å². The highest BCUT2D eigenvalue weighted by Gasteiger charge is 2.08. The third-order valence-corrected chi connectivity index (χ3v) is 3.53. The molecule has 0 radical (unpaired) electrons. The highest BCUT2D eigenvalue weighted by atomic mass is 16.5. The molecular formula is C19H15N3O2. The van der Waals surface area contributed by atoms with Crippen molar-refractivity contribution in [1.82, 2.24) is 4.98 Å². The second-order valence-corrected chi connectivity index (χ2v) is 5.10. The molecule has 3 aromatic rings. The first-order chi connectivity index (χ1) is 11.7. The van der Waals surface area contributed by atoms with E-state index < -0.39 is 0 Å². The number of pyridine rings is 1. The lowest BCUT2D eigenvalue weighted by molar-refractivity contribution is 0.415. The van der Waals surface area contributed by atoms with Crippen molar-refractivity contribution in [2.75, 3.05) is 12.4 Å². The van der Waals surface area contributed by atoms with E-state index in [2.05, 4.69) is 16.4 Å². The maximum absolute atomic E-state index is 9.35. The van der Waals surface area contributed by atoms with Gasteiger partial charge in [-0.2, -0.15) is 5.26 Å². The molecule has 2 aromatic carbocycles. The van der Waals surface area contributed by atoms with Gasteiger partial charge >= 0.3 is 0 Å². The average Bonchev–Trinajstić information content (AvgIpc) is 2.63. The molecule has 0 fully saturated rings. The summed E-state index contributed by atoms with van der Waals surface area (Å²) >= 11 is 0. The number of hydrogen-bond donors (Lipinski definition) is 2. The average molecular weight is 317 g/mol. The Balaban J connectivity index is 1.95. The van der Waals surface area contributed by atoms with Crippen LogP contribution >= 0.6 is 0 Å². The van der Waals surface area contributed by atoms with Crippen LogP contribution in [0.25, 0.3) is 11.3 Å². The first-order valence-corrected chi connectivity index (χ1v) is 7.31. The van der Waals surface area contributed by atoms with E-state index in [-0.39, 0.29) is 5.75 Å². The number of nitrogens with one attached hydrogen (secondary N) is 1. The van der Waals surface area contributed by atoms with Crippen molar-refractivity contribution in [3.63, 3.8) is 0 Å². The summed E-state index contributed by atoms with van der Waals surface area (Å²) in [4.78, 5) is 4.55. The molecule has 2 N–H and O–H groups in total. The Morgan fingerprint density at radius 3 is 2.33 bits per heavy atom. The molecule has 0 atom stereocenters. The van der Waals surface area contributed by atoms with Crippen molar-refractivity contribution in [2.45, 2.75) is 0 Å². The highest BCUT2D eigenvalue weighted by Crippen LogP contribution is 2.26.